The molecule has 1 aromatic heterocycles. The number of aliphatic hydroxyl groups is 1. The summed E-state index contributed by atoms with van der Waals surface area (Å²) >= 11 is 5.30. The van der Waals surface area contributed by atoms with Crippen LogP contribution >= 0.6 is 12.2 Å². The van der Waals surface area contributed by atoms with Gasteiger partial charge in [-0.1, -0.05) is 36.5 Å². The zero-order valence-corrected chi connectivity index (χ0v) is 21.2. The fraction of sp³-hybridized carbons (Fsp3) is 0.360. The monoisotopic (exact) mass is 537 g/mol. The lowest BCUT2D eigenvalue weighted by Crippen LogP contribution is -2.56. The molecule has 0 bridgehead atoms. The van der Waals surface area contributed by atoms with Gasteiger partial charge in [-0.05, 0) is 54.8 Å². The standard InChI is InChI=1S/C25H26F3N3O3S2/c1-24(32,25(26,27)28)19-6-8-20(9-7-19)31-15-14-30(17-21(31)16-18-10-12-29-13-11-18)36(33,34)23-5-3-2-4-22(23)35/h2-3,5-13,21,32H,4,14-17H2,1H3. The topological polar surface area (TPSA) is 73.7 Å². The van der Waals surface area contributed by atoms with Crippen LogP contribution in [0.5, 0.6) is 0 Å². The third-order valence-corrected chi connectivity index (χ3v) is 9.02. The zero-order valence-electron chi connectivity index (χ0n) is 19.5. The molecular weight excluding hydrogens is 511 g/mol. The third-order valence-electron chi connectivity index (χ3n) is 6.56. The van der Waals surface area contributed by atoms with E-state index in [1.165, 1.54) is 34.6 Å². The number of hydrogen-bond acceptors (Lipinski definition) is 6. The van der Waals surface area contributed by atoms with Gasteiger partial charge in [-0.3, -0.25) is 4.98 Å². The van der Waals surface area contributed by atoms with E-state index in [9.17, 15) is 26.7 Å². The fourth-order valence-electron chi connectivity index (χ4n) is 4.38. The van der Waals surface area contributed by atoms with Crippen molar-refractivity contribution in [3.63, 3.8) is 0 Å². The summed E-state index contributed by atoms with van der Waals surface area (Å²) in [5.74, 6) is 0. The first-order valence-corrected chi connectivity index (χ1v) is 13.2. The number of thiocarbonyl (C=S) groups is 1. The van der Waals surface area contributed by atoms with Gasteiger partial charge in [0, 0.05) is 55.0 Å². The number of piperazine rings is 1. The van der Waals surface area contributed by atoms with Gasteiger partial charge in [0.2, 0.25) is 10.0 Å². The molecule has 1 N–H and O–H groups in total. The van der Waals surface area contributed by atoms with Gasteiger partial charge < -0.3 is 10.0 Å². The predicted octanol–water partition coefficient (Wildman–Crippen LogP) is 4.13. The van der Waals surface area contributed by atoms with Crippen LogP contribution in [0.3, 0.4) is 0 Å². The highest BCUT2D eigenvalue weighted by Crippen LogP contribution is 2.39. The van der Waals surface area contributed by atoms with Crippen LogP contribution in [0.15, 0.2) is 71.9 Å². The Hall–Kier alpha value is -2.60. The van der Waals surface area contributed by atoms with Crippen LogP contribution in [0.2, 0.25) is 0 Å². The van der Waals surface area contributed by atoms with Crippen molar-refractivity contribution < 1.29 is 26.7 Å². The molecule has 6 nitrogen and oxygen atoms in total. The van der Waals surface area contributed by atoms with E-state index >= 15 is 0 Å². The minimum Gasteiger partial charge on any atom is -0.376 e. The first kappa shape index (κ1) is 26.5. The molecular formula is C25H26F3N3O3S2. The van der Waals surface area contributed by atoms with E-state index in [0.29, 0.717) is 29.9 Å². The summed E-state index contributed by atoms with van der Waals surface area (Å²) in [6, 6.07) is 8.97. The van der Waals surface area contributed by atoms with Crippen LogP contribution < -0.4 is 4.90 Å². The highest BCUT2D eigenvalue weighted by molar-refractivity contribution is 7.96. The van der Waals surface area contributed by atoms with E-state index in [0.717, 1.165) is 12.5 Å². The van der Waals surface area contributed by atoms with Crippen LogP contribution in [0.1, 0.15) is 24.5 Å². The molecule has 1 fully saturated rings. The second-order valence-electron chi connectivity index (χ2n) is 8.97. The Balaban J connectivity index is 1.63. The van der Waals surface area contributed by atoms with Crippen molar-refractivity contribution in [2.75, 3.05) is 24.5 Å². The molecule has 1 aromatic carbocycles. The van der Waals surface area contributed by atoms with Gasteiger partial charge in [0.25, 0.3) is 0 Å². The lowest BCUT2D eigenvalue weighted by molar-refractivity contribution is -0.258. The normalized spacial score (nSPS) is 21.2. The van der Waals surface area contributed by atoms with Gasteiger partial charge in [-0.2, -0.15) is 17.5 Å². The highest BCUT2D eigenvalue weighted by atomic mass is 32.2. The van der Waals surface area contributed by atoms with Crippen LogP contribution in [0, 0.1) is 0 Å². The number of aromatic nitrogens is 1. The van der Waals surface area contributed by atoms with Gasteiger partial charge in [0.15, 0.2) is 5.60 Å². The summed E-state index contributed by atoms with van der Waals surface area (Å²) in [7, 11) is -3.80. The maximum absolute atomic E-state index is 13.4. The highest BCUT2D eigenvalue weighted by Gasteiger charge is 2.51. The van der Waals surface area contributed by atoms with E-state index in [1.807, 2.05) is 23.1 Å². The van der Waals surface area contributed by atoms with Crippen LogP contribution in [-0.2, 0) is 22.0 Å². The van der Waals surface area contributed by atoms with Crippen molar-refractivity contribution >= 4 is 32.8 Å². The maximum atomic E-state index is 13.4. The van der Waals surface area contributed by atoms with Crippen LogP contribution in [0.25, 0.3) is 0 Å². The van der Waals surface area contributed by atoms with E-state index in [2.05, 4.69) is 4.98 Å². The summed E-state index contributed by atoms with van der Waals surface area (Å²) < 4.78 is 68.1. The molecule has 192 valence electrons. The van der Waals surface area contributed by atoms with Crippen molar-refractivity contribution in [1.82, 2.24) is 9.29 Å². The van der Waals surface area contributed by atoms with Gasteiger partial charge >= 0.3 is 6.18 Å². The second-order valence-corrected chi connectivity index (χ2v) is 11.4. The van der Waals surface area contributed by atoms with Gasteiger partial charge in [-0.15, -0.1) is 0 Å². The molecule has 1 aliphatic heterocycles. The molecule has 0 amide bonds. The second kappa shape index (κ2) is 10.0. The maximum Gasteiger partial charge on any atom is 0.421 e. The van der Waals surface area contributed by atoms with Crippen molar-refractivity contribution in [3.05, 3.63) is 83.1 Å². The molecule has 2 aliphatic rings. The molecule has 2 unspecified atom stereocenters. The number of benzene rings is 1. The molecule has 0 saturated carbocycles. The molecule has 2 aromatic rings. The number of sulfonamides is 1. The zero-order chi connectivity index (χ0) is 26.1. The van der Waals surface area contributed by atoms with Gasteiger partial charge in [-0.25, -0.2) is 8.42 Å². The van der Waals surface area contributed by atoms with E-state index in [1.54, 1.807) is 18.5 Å². The Morgan fingerprint density at radius 1 is 1.11 bits per heavy atom. The summed E-state index contributed by atoms with van der Waals surface area (Å²) in [5.41, 5.74) is -1.65. The Kier molecular flexibility index (Phi) is 7.38. The number of nitrogens with zero attached hydrogens (tertiary/aromatic N) is 3. The average molecular weight is 538 g/mol. The summed E-state index contributed by atoms with van der Waals surface area (Å²) in [5, 5.41) is 10.0. The average Bonchev–Trinajstić information content (AvgIpc) is 2.84. The quantitative estimate of drug-likeness (QED) is 0.559. The number of anilines is 1. The number of hydrogen-bond donors (Lipinski definition) is 1. The predicted molar refractivity (Wildman–Crippen MR) is 136 cm³/mol. The minimum absolute atomic E-state index is 0.134. The summed E-state index contributed by atoms with van der Waals surface area (Å²) in [6.07, 6.45) is 4.41. The number of allylic oxidation sites excluding steroid dienone is 4. The molecule has 1 aliphatic carbocycles. The van der Waals surface area contributed by atoms with Crippen LogP contribution in [-0.4, -0.2) is 59.5 Å². The Labute approximate surface area is 213 Å². The van der Waals surface area contributed by atoms with Crippen molar-refractivity contribution in [1.29, 1.82) is 0 Å². The Morgan fingerprint density at radius 3 is 2.39 bits per heavy atom. The lowest BCUT2D eigenvalue weighted by atomic mass is 9.94. The number of alkyl halides is 3. The van der Waals surface area contributed by atoms with Crippen molar-refractivity contribution in [3.8, 4) is 0 Å². The van der Waals surface area contributed by atoms with Crippen LogP contribution in [0.4, 0.5) is 18.9 Å². The molecule has 11 heteroatoms. The molecule has 0 spiro atoms. The fourth-order valence-corrected chi connectivity index (χ4v) is 6.46. The SMILES string of the molecule is CC(O)(c1ccc(N2CCN(S(=O)(=O)C3=CC=CCC3=S)CC2Cc2ccncc2)cc1)C(F)(F)F. The first-order chi connectivity index (χ1) is 16.9. The molecule has 4 rings (SSSR count). The van der Waals surface area contributed by atoms with Gasteiger partial charge in [0.1, 0.15) is 0 Å². The van der Waals surface area contributed by atoms with E-state index in [-0.39, 0.29) is 29.6 Å². The number of rotatable bonds is 6. The Morgan fingerprint density at radius 2 is 1.78 bits per heavy atom. The van der Waals surface area contributed by atoms with E-state index in [4.69, 9.17) is 12.2 Å². The summed E-state index contributed by atoms with van der Waals surface area (Å²) in [6.45, 7) is 1.43. The van der Waals surface area contributed by atoms with Crippen molar-refractivity contribution in [2.45, 2.75) is 37.6 Å². The van der Waals surface area contributed by atoms with Crippen molar-refractivity contribution in [2.24, 2.45) is 0 Å². The molecule has 0 radical (unpaired) electrons. The third kappa shape index (κ3) is 5.24. The number of pyridine rings is 1. The summed E-state index contributed by atoms with van der Waals surface area (Å²) in [4.78, 5) is 6.53. The molecule has 1 saturated heterocycles. The Bertz CT molecular complexity index is 1280. The smallest absolute Gasteiger partial charge is 0.376 e. The largest absolute Gasteiger partial charge is 0.421 e. The van der Waals surface area contributed by atoms with Gasteiger partial charge in [0.05, 0.1) is 4.91 Å². The first-order valence-electron chi connectivity index (χ1n) is 11.4. The van der Waals surface area contributed by atoms with E-state index < -0.39 is 21.8 Å². The molecule has 2 atom stereocenters. The molecule has 36 heavy (non-hydrogen) atoms. The lowest BCUT2D eigenvalue weighted by Gasteiger charge is -2.43. The minimum atomic E-state index is -4.82. The molecule has 2 heterocycles. The number of halogens is 3.